The first-order valence-corrected chi connectivity index (χ1v) is 11.2. The van der Waals surface area contributed by atoms with E-state index in [0.717, 1.165) is 28.8 Å². The number of hydrogen-bond donors (Lipinski definition) is 1. The van der Waals surface area contributed by atoms with E-state index >= 15 is 0 Å². The Kier molecular flexibility index (Phi) is 6.78. The molecule has 0 bridgehead atoms. The summed E-state index contributed by atoms with van der Waals surface area (Å²) < 4.78 is 5.44. The number of anilines is 1. The van der Waals surface area contributed by atoms with Crippen molar-refractivity contribution in [3.63, 3.8) is 0 Å². The number of nitrogens with zero attached hydrogens (tertiary/aromatic N) is 3. The topological polar surface area (TPSA) is 95.3 Å². The average Bonchev–Trinajstić information content (AvgIpc) is 3.18. The van der Waals surface area contributed by atoms with Crippen LogP contribution in [0.2, 0.25) is 0 Å². The Labute approximate surface area is 190 Å². The van der Waals surface area contributed by atoms with E-state index in [-0.39, 0.29) is 12.0 Å². The predicted octanol–water partition coefficient (Wildman–Crippen LogP) is 4.39. The molecule has 0 atom stereocenters. The minimum atomic E-state index is -0.358. The molecule has 162 valence electrons. The van der Waals surface area contributed by atoms with Crippen LogP contribution in [0, 0.1) is 11.3 Å². The number of aromatic nitrogens is 1. The molecule has 2 amide bonds. The number of thiophene rings is 1. The minimum Gasteiger partial charge on any atom is -0.449 e. The molecule has 0 unspecified atom stereocenters. The van der Waals surface area contributed by atoms with Crippen LogP contribution in [0.15, 0.2) is 54.9 Å². The van der Waals surface area contributed by atoms with Gasteiger partial charge in [-0.1, -0.05) is 24.3 Å². The van der Waals surface area contributed by atoms with Gasteiger partial charge in [0.25, 0.3) is 5.91 Å². The van der Waals surface area contributed by atoms with Crippen LogP contribution >= 0.6 is 11.3 Å². The fourth-order valence-corrected chi connectivity index (χ4v) is 4.81. The number of ether oxygens (including phenoxy) is 1. The molecular weight excluding hydrogens is 424 g/mol. The van der Waals surface area contributed by atoms with Gasteiger partial charge in [0.15, 0.2) is 0 Å². The van der Waals surface area contributed by atoms with Gasteiger partial charge in [-0.05, 0) is 48.6 Å². The third-order valence-electron chi connectivity index (χ3n) is 5.25. The quantitative estimate of drug-likeness (QED) is 0.567. The molecule has 32 heavy (non-hydrogen) atoms. The Morgan fingerprint density at radius 2 is 2.06 bits per heavy atom. The van der Waals surface area contributed by atoms with Crippen molar-refractivity contribution in [3.8, 4) is 6.07 Å². The molecule has 8 heteroatoms. The molecule has 2 aromatic heterocycles. The first-order valence-electron chi connectivity index (χ1n) is 10.4. The summed E-state index contributed by atoms with van der Waals surface area (Å²) in [5.74, 6) is -0.259. The third kappa shape index (κ3) is 4.95. The monoisotopic (exact) mass is 446 g/mol. The highest BCUT2D eigenvalue weighted by Crippen LogP contribution is 2.37. The SMILES string of the molecule is N#Cc1c(NC(=O)c2ccccc2)sc2c1CCN(C(=O)OCCCc1cccnc1)C2. The van der Waals surface area contributed by atoms with Gasteiger partial charge in [0, 0.05) is 29.4 Å². The Morgan fingerprint density at radius 3 is 2.81 bits per heavy atom. The smallest absolute Gasteiger partial charge is 0.410 e. The molecule has 1 aliphatic heterocycles. The second-order valence-corrected chi connectivity index (χ2v) is 8.50. The lowest BCUT2D eigenvalue weighted by Gasteiger charge is -2.26. The number of nitrogens with one attached hydrogen (secondary N) is 1. The number of fused-ring (bicyclic) bond motifs is 1. The van der Waals surface area contributed by atoms with E-state index in [2.05, 4.69) is 16.4 Å². The van der Waals surface area contributed by atoms with Crippen LogP contribution < -0.4 is 5.32 Å². The Morgan fingerprint density at radius 1 is 1.22 bits per heavy atom. The number of carbonyl (C=O) groups excluding carboxylic acids is 2. The number of carbonyl (C=O) groups is 2. The summed E-state index contributed by atoms with van der Waals surface area (Å²) in [4.78, 5) is 31.7. The van der Waals surface area contributed by atoms with E-state index in [1.807, 2.05) is 24.4 Å². The second kappa shape index (κ2) is 10.1. The van der Waals surface area contributed by atoms with Crippen molar-refractivity contribution in [1.82, 2.24) is 9.88 Å². The molecule has 1 aliphatic rings. The maximum Gasteiger partial charge on any atom is 0.410 e. The van der Waals surface area contributed by atoms with Crippen LogP contribution in [0.25, 0.3) is 0 Å². The predicted molar refractivity (Wildman–Crippen MR) is 121 cm³/mol. The van der Waals surface area contributed by atoms with Crippen LogP contribution in [0.4, 0.5) is 9.80 Å². The maximum absolute atomic E-state index is 12.5. The Hall–Kier alpha value is -3.70. The van der Waals surface area contributed by atoms with E-state index in [9.17, 15) is 14.9 Å². The van der Waals surface area contributed by atoms with Gasteiger partial charge in [-0.3, -0.25) is 9.78 Å². The van der Waals surface area contributed by atoms with E-state index in [1.165, 1.54) is 11.3 Å². The molecule has 1 N–H and O–H groups in total. The summed E-state index contributed by atoms with van der Waals surface area (Å²) >= 11 is 1.35. The van der Waals surface area contributed by atoms with Crippen molar-refractivity contribution in [2.75, 3.05) is 18.5 Å². The molecule has 0 saturated heterocycles. The van der Waals surface area contributed by atoms with Crippen LogP contribution in [0.1, 0.15) is 38.3 Å². The van der Waals surface area contributed by atoms with E-state index in [0.29, 0.717) is 42.2 Å². The van der Waals surface area contributed by atoms with E-state index in [1.54, 1.807) is 35.4 Å². The Balaban J connectivity index is 1.35. The summed E-state index contributed by atoms with van der Waals surface area (Å²) in [6, 6.07) is 15.0. The van der Waals surface area contributed by atoms with E-state index in [4.69, 9.17) is 4.74 Å². The molecular formula is C24H22N4O3S. The van der Waals surface area contributed by atoms with Gasteiger partial charge >= 0.3 is 6.09 Å². The third-order valence-corrected chi connectivity index (χ3v) is 6.38. The molecule has 0 radical (unpaired) electrons. The standard InChI is InChI=1S/C24H22N4O3S/c25-14-20-19-10-12-28(24(30)31-13-5-7-17-6-4-11-26-15-17)16-21(19)32-23(20)27-22(29)18-8-2-1-3-9-18/h1-4,6,8-9,11,15H,5,7,10,12-13,16H2,(H,27,29). The van der Waals surface area contributed by atoms with Gasteiger partial charge in [-0.25, -0.2) is 4.79 Å². The van der Waals surface area contributed by atoms with Crippen LogP contribution in [0.5, 0.6) is 0 Å². The zero-order valence-corrected chi connectivity index (χ0v) is 18.2. The van der Waals surface area contributed by atoms with E-state index < -0.39 is 0 Å². The van der Waals surface area contributed by atoms with Gasteiger partial charge in [0.1, 0.15) is 11.1 Å². The molecule has 0 saturated carbocycles. The molecule has 0 spiro atoms. The summed E-state index contributed by atoms with van der Waals surface area (Å²) in [5.41, 5.74) is 3.03. The number of pyridine rings is 1. The number of nitriles is 1. The maximum atomic E-state index is 12.5. The zero-order valence-electron chi connectivity index (χ0n) is 17.4. The minimum absolute atomic E-state index is 0.259. The number of rotatable bonds is 6. The van der Waals surface area contributed by atoms with Crippen molar-refractivity contribution in [3.05, 3.63) is 82.0 Å². The van der Waals surface area contributed by atoms with Crippen molar-refractivity contribution in [2.24, 2.45) is 0 Å². The van der Waals surface area contributed by atoms with Crippen LogP contribution in [-0.4, -0.2) is 35.0 Å². The van der Waals surface area contributed by atoms with Gasteiger partial charge in [-0.2, -0.15) is 5.26 Å². The van der Waals surface area contributed by atoms with Crippen molar-refractivity contribution in [2.45, 2.75) is 25.8 Å². The first kappa shape index (κ1) is 21.5. The highest BCUT2D eigenvalue weighted by atomic mass is 32.1. The molecule has 3 aromatic rings. The lowest BCUT2D eigenvalue weighted by atomic mass is 10.0. The van der Waals surface area contributed by atoms with Crippen molar-refractivity contribution < 1.29 is 14.3 Å². The fourth-order valence-electron chi connectivity index (χ4n) is 3.60. The lowest BCUT2D eigenvalue weighted by Crippen LogP contribution is -2.36. The van der Waals surface area contributed by atoms with Crippen molar-refractivity contribution in [1.29, 1.82) is 5.26 Å². The molecule has 1 aromatic carbocycles. The fraction of sp³-hybridized carbons (Fsp3) is 0.250. The second-order valence-electron chi connectivity index (χ2n) is 7.39. The number of amides is 2. The van der Waals surface area contributed by atoms with Gasteiger partial charge in [0.2, 0.25) is 0 Å². The number of aryl methyl sites for hydroxylation is 1. The highest BCUT2D eigenvalue weighted by Gasteiger charge is 2.28. The summed E-state index contributed by atoms with van der Waals surface area (Å²) in [6.07, 6.45) is 5.26. The molecule has 3 heterocycles. The normalized spacial score (nSPS) is 12.5. The first-order chi connectivity index (χ1) is 15.7. The highest BCUT2D eigenvalue weighted by molar-refractivity contribution is 7.16. The molecule has 0 fully saturated rings. The number of hydrogen-bond acceptors (Lipinski definition) is 6. The van der Waals surface area contributed by atoms with Crippen molar-refractivity contribution >= 4 is 28.3 Å². The number of benzene rings is 1. The Bertz CT molecular complexity index is 1140. The van der Waals surface area contributed by atoms with Gasteiger partial charge in [-0.15, -0.1) is 11.3 Å². The van der Waals surface area contributed by atoms with Crippen LogP contribution in [-0.2, 0) is 24.1 Å². The zero-order chi connectivity index (χ0) is 22.3. The summed E-state index contributed by atoms with van der Waals surface area (Å²) in [7, 11) is 0. The largest absolute Gasteiger partial charge is 0.449 e. The molecule has 0 aliphatic carbocycles. The lowest BCUT2D eigenvalue weighted by molar-refractivity contribution is 0.0972. The molecule has 4 rings (SSSR count). The molecule has 7 nitrogen and oxygen atoms in total. The summed E-state index contributed by atoms with van der Waals surface area (Å²) in [6.45, 7) is 1.19. The van der Waals surface area contributed by atoms with Crippen LogP contribution in [0.3, 0.4) is 0 Å². The summed E-state index contributed by atoms with van der Waals surface area (Å²) in [5, 5.41) is 13.0. The van der Waals surface area contributed by atoms with Gasteiger partial charge in [0.05, 0.1) is 18.7 Å². The average molecular weight is 447 g/mol. The van der Waals surface area contributed by atoms with Gasteiger partial charge < -0.3 is 15.0 Å².